The van der Waals surface area contributed by atoms with Crippen molar-refractivity contribution in [1.82, 2.24) is 4.90 Å². The lowest BCUT2D eigenvalue weighted by Gasteiger charge is -2.36. The van der Waals surface area contributed by atoms with Gasteiger partial charge in [0, 0.05) is 11.8 Å². The Kier molecular flexibility index (Phi) is 2.55. The molecule has 86 valence electrons. The summed E-state index contributed by atoms with van der Waals surface area (Å²) in [5.74, 6) is -0.432. The van der Waals surface area contributed by atoms with E-state index in [0.29, 0.717) is 5.69 Å². The number of anilines is 1. The molecule has 0 unspecified atom stereocenters. The van der Waals surface area contributed by atoms with Crippen LogP contribution in [0.2, 0.25) is 0 Å². The maximum atomic E-state index is 13.3. The smallest absolute Gasteiger partial charge is 0.407 e. The molecule has 1 aromatic rings. The molecule has 1 aliphatic heterocycles. The predicted octanol–water partition coefficient (Wildman–Crippen LogP) is 1.15. The van der Waals surface area contributed by atoms with Crippen LogP contribution in [-0.2, 0) is 0 Å². The third-order valence-electron chi connectivity index (χ3n) is 2.37. The fourth-order valence-corrected chi connectivity index (χ4v) is 1.46. The number of carboxylic acid groups (broad SMARTS) is 1. The average Bonchev–Trinajstić information content (AvgIpc) is 2.12. The van der Waals surface area contributed by atoms with E-state index in [-0.39, 0.29) is 24.9 Å². The second kappa shape index (κ2) is 3.88. The van der Waals surface area contributed by atoms with Gasteiger partial charge >= 0.3 is 6.09 Å². The second-order valence-electron chi connectivity index (χ2n) is 3.62. The fraction of sp³-hybridized carbons (Fsp3) is 0.300. The Hall–Kier alpha value is -1.98. The molecule has 0 spiro atoms. The highest BCUT2D eigenvalue weighted by molar-refractivity contribution is 5.66. The molecule has 0 bridgehead atoms. The topological polar surface area (TPSA) is 75.8 Å². The molecule has 5 nitrogen and oxygen atoms in total. The molecule has 0 radical (unpaired) electrons. The van der Waals surface area contributed by atoms with Crippen molar-refractivity contribution >= 4 is 11.8 Å². The van der Waals surface area contributed by atoms with Crippen LogP contribution < -0.4 is 10.5 Å². The van der Waals surface area contributed by atoms with Gasteiger partial charge in [0.2, 0.25) is 0 Å². The Morgan fingerprint density at radius 3 is 2.81 bits per heavy atom. The highest BCUT2D eigenvalue weighted by atomic mass is 19.1. The van der Waals surface area contributed by atoms with Gasteiger partial charge in [-0.1, -0.05) is 0 Å². The van der Waals surface area contributed by atoms with Gasteiger partial charge in [-0.05, 0) is 12.1 Å². The van der Waals surface area contributed by atoms with E-state index in [4.69, 9.17) is 15.6 Å². The Balaban J connectivity index is 1.94. The summed E-state index contributed by atoms with van der Waals surface area (Å²) >= 11 is 0. The van der Waals surface area contributed by atoms with Gasteiger partial charge in [0.15, 0.2) is 11.6 Å². The first kappa shape index (κ1) is 10.5. The van der Waals surface area contributed by atoms with E-state index in [1.165, 1.54) is 23.1 Å². The van der Waals surface area contributed by atoms with Gasteiger partial charge < -0.3 is 20.5 Å². The quantitative estimate of drug-likeness (QED) is 0.741. The zero-order valence-corrected chi connectivity index (χ0v) is 8.39. The van der Waals surface area contributed by atoms with E-state index in [0.717, 1.165) is 0 Å². The predicted molar refractivity (Wildman–Crippen MR) is 54.8 cm³/mol. The van der Waals surface area contributed by atoms with E-state index >= 15 is 0 Å². The zero-order chi connectivity index (χ0) is 11.7. The number of ether oxygens (including phenoxy) is 1. The second-order valence-corrected chi connectivity index (χ2v) is 3.62. The Bertz CT molecular complexity index is 419. The molecule has 1 amide bonds. The number of hydrogen-bond acceptors (Lipinski definition) is 3. The monoisotopic (exact) mass is 226 g/mol. The molecule has 1 fully saturated rings. The lowest BCUT2D eigenvalue weighted by Crippen LogP contribution is -2.55. The Labute approximate surface area is 91.2 Å². The van der Waals surface area contributed by atoms with E-state index in [1.807, 2.05) is 0 Å². The molecule has 3 N–H and O–H groups in total. The van der Waals surface area contributed by atoms with Gasteiger partial charge in [-0.3, -0.25) is 0 Å². The van der Waals surface area contributed by atoms with Crippen LogP contribution in [0, 0.1) is 5.82 Å². The minimum atomic E-state index is -0.988. The third kappa shape index (κ3) is 2.00. The number of amides is 1. The average molecular weight is 226 g/mol. The number of likely N-dealkylation sites (tertiary alicyclic amines) is 1. The molecule has 0 aliphatic carbocycles. The van der Waals surface area contributed by atoms with Crippen molar-refractivity contribution in [3.05, 3.63) is 24.0 Å². The van der Waals surface area contributed by atoms with Crippen LogP contribution in [0.4, 0.5) is 14.9 Å². The van der Waals surface area contributed by atoms with Crippen LogP contribution in [0.25, 0.3) is 0 Å². The van der Waals surface area contributed by atoms with Crippen LogP contribution >= 0.6 is 0 Å². The summed E-state index contributed by atoms with van der Waals surface area (Å²) in [4.78, 5) is 11.7. The van der Waals surface area contributed by atoms with Crippen LogP contribution in [0.5, 0.6) is 5.75 Å². The van der Waals surface area contributed by atoms with E-state index in [2.05, 4.69) is 0 Å². The van der Waals surface area contributed by atoms with Crippen molar-refractivity contribution in [3.8, 4) is 5.75 Å². The zero-order valence-electron chi connectivity index (χ0n) is 8.39. The number of benzene rings is 1. The van der Waals surface area contributed by atoms with Gasteiger partial charge in [0.05, 0.1) is 13.1 Å². The molecule has 1 aromatic carbocycles. The highest BCUT2D eigenvalue weighted by Crippen LogP contribution is 2.23. The number of halogens is 1. The Morgan fingerprint density at radius 2 is 2.25 bits per heavy atom. The van der Waals surface area contributed by atoms with Crippen molar-refractivity contribution in [2.24, 2.45) is 0 Å². The standard InChI is InChI=1S/C10H11FN2O3/c11-8-3-6(12)1-2-9(8)16-7-4-13(5-7)10(14)15/h1-3,7H,4-5,12H2,(H,14,15). The number of rotatable bonds is 2. The normalized spacial score (nSPS) is 15.7. The highest BCUT2D eigenvalue weighted by Gasteiger charge is 2.32. The minimum Gasteiger partial charge on any atom is -0.484 e. The maximum absolute atomic E-state index is 13.3. The van der Waals surface area contributed by atoms with Crippen LogP contribution in [0.15, 0.2) is 18.2 Å². The molecular formula is C10H11FN2O3. The number of carbonyl (C=O) groups is 1. The van der Waals surface area contributed by atoms with E-state index < -0.39 is 11.9 Å². The van der Waals surface area contributed by atoms with Gasteiger partial charge in [0.1, 0.15) is 6.10 Å². The van der Waals surface area contributed by atoms with Crippen molar-refractivity contribution in [1.29, 1.82) is 0 Å². The summed E-state index contributed by atoms with van der Waals surface area (Å²) in [6.45, 7) is 0.526. The lowest BCUT2D eigenvalue weighted by molar-refractivity contribution is 0.0232. The molecular weight excluding hydrogens is 215 g/mol. The van der Waals surface area contributed by atoms with Gasteiger partial charge in [-0.2, -0.15) is 0 Å². The molecule has 0 atom stereocenters. The molecule has 2 rings (SSSR count). The molecule has 0 aromatic heterocycles. The van der Waals surface area contributed by atoms with Crippen LogP contribution in [0.3, 0.4) is 0 Å². The number of nitrogens with zero attached hydrogens (tertiary/aromatic N) is 1. The summed E-state index contributed by atoms with van der Waals surface area (Å²) in [7, 11) is 0. The molecule has 1 saturated heterocycles. The maximum Gasteiger partial charge on any atom is 0.407 e. The SMILES string of the molecule is Nc1ccc(OC2CN(C(=O)O)C2)c(F)c1. The third-order valence-corrected chi connectivity index (χ3v) is 2.37. The van der Waals surface area contributed by atoms with E-state index in [9.17, 15) is 9.18 Å². The van der Waals surface area contributed by atoms with Crippen molar-refractivity contribution in [2.45, 2.75) is 6.10 Å². The van der Waals surface area contributed by atoms with E-state index in [1.54, 1.807) is 0 Å². The first-order valence-electron chi connectivity index (χ1n) is 4.76. The first-order chi connectivity index (χ1) is 7.56. The largest absolute Gasteiger partial charge is 0.484 e. The summed E-state index contributed by atoms with van der Waals surface area (Å²) in [5, 5.41) is 8.59. The Morgan fingerprint density at radius 1 is 1.56 bits per heavy atom. The molecule has 0 saturated carbocycles. The summed E-state index contributed by atoms with van der Waals surface area (Å²) in [6.07, 6.45) is -1.27. The molecule has 6 heteroatoms. The van der Waals surface area contributed by atoms with Crippen molar-refractivity contribution in [2.75, 3.05) is 18.8 Å². The molecule has 1 heterocycles. The minimum absolute atomic E-state index is 0.101. The lowest BCUT2D eigenvalue weighted by atomic mass is 10.2. The number of nitrogens with two attached hydrogens (primary N) is 1. The van der Waals surface area contributed by atoms with Crippen LogP contribution in [0.1, 0.15) is 0 Å². The van der Waals surface area contributed by atoms with Gasteiger partial charge in [-0.15, -0.1) is 0 Å². The molecule has 16 heavy (non-hydrogen) atoms. The summed E-state index contributed by atoms with van der Waals surface area (Å²) in [5.41, 5.74) is 5.71. The first-order valence-corrected chi connectivity index (χ1v) is 4.76. The van der Waals surface area contributed by atoms with Crippen LogP contribution in [-0.4, -0.2) is 35.3 Å². The summed E-state index contributed by atoms with van der Waals surface area (Å²) in [6, 6.07) is 4.14. The summed E-state index contributed by atoms with van der Waals surface area (Å²) < 4.78 is 18.6. The molecule has 1 aliphatic rings. The number of hydrogen-bond donors (Lipinski definition) is 2. The van der Waals surface area contributed by atoms with Crippen molar-refractivity contribution in [3.63, 3.8) is 0 Å². The van der Waals surface area contributed by atoms with Gasteiger partial charge in [0.25, 0.3) is 0 Å². The van der Waals surface area contributed by atoms with Crippen molar-refractivity contribution < 1.29 is 19.0 Å². The number of nitrogen functional groups attached to an aromatic ring is 1. The fourth-order valence-electron chi connectivity index (χ4n) is 1.46. The van der Waals surface area contributed by atoms with Gasteiger partial charge in [-0.25, -0.2) is 9.18 Å².